The van der Waals surface area contributed by atoms with Crippen LogP contribution in [0.1, 0.15) is 24.2 Å². The van der Waals surface area contributed by atoms with Crippen LogP contribution in [0.3, 0.4) is 0 Å². The van der Waals surface area contributed by atoms with E-state index >= 15 is 0 Å². The van der Waals surface area contributed by atoms with Gasteiger partial charge in [-0.2, -0.15) is 4.39 Å². The topological polar surface area (TPSA) is 62.7 Å². The fourth-order valence-corrected chi connectivity index (χ4v) is 1.63. The maximum atomic E-state index is 13.0. The fourth-order valence-electron chi connectivity index (χ4n) is 1.63. The van der Waals surface area contributed by atoms with E-state index in [1.54, 1.807) is 4.90 Å². The van der Waals surface area contributed by atoms with E-state index in [4.69, 9.17) is 9.84 Å². The minimum Gasteiger partial charge on any atom is -0.394 e. The van der Waals surface area contributed by atoms with Crippen molar-refractivity contribution in [3.05, 3.63) is 29.8 Å². The Morgan fingerprint density at radius 3 is 2.84 bits per heavy atom. The fraction of sp³-hybridized carbons (Fsp3) is 0.538. The molecule has 0 aliphatic carbocycles. The standard InChI is InChI=1S/C13H19FN2O3/c1-10(2)16(5-7-19-8-6-17)13(18)11-3-4-15-12(14)9-11/h3-4,9-10,17H,5-8H2,1-2H3. The lowest BCUT2D eigenvalue weighted by molar-refractivity contribution is 0.0506. The highest BCUT2D eigenvalue weighted by atomic mass is 19.1. The van der Waals surface area contributed by atoms with Crippen LogP contribution in [0.4, 0.5) is 4.39 Å². The third-order valence-electron chi connectivity index (χ3n) is 2.57. The molecule has 1 rings (SSSR count). The molecule has 1 N–H and O–H groups in total. The highest BCUT2D eigenvalue weighted by molar-refractivity contribution is 5.94. The van der Waals surface area contributed by atoms with Gasteiger partial charge in [-0.3, -0.25) is 4.79 Å². The van der Waals surface area contributed by atoms with E-state index in [1.807, 2.05) is 13.8 Å². The van der Waals surface area contributed by atoms with Crippen molar-refractivity contribution in [2.45, 2.75) is 19.9 Å². The number of rotatable bonds is 7. The van der Waals surface area contributed by atoms with E-state index in [0.29, 0.717) is 13.2 Å². The van der Waals surface area contributed by atoms with E-state index in [-0.39, 0.29) is 30.7 Å². The Kier molecular flexibility index (Phi) is 6.38. The van der Waals surface area contributed by atoms with E-state index in [0.717, 1.165) is 6.07 Å². The van der Waals surface area contributed by atoms with Crippen LogP contribution in [0.5, 0.6) is 0 Å². The van der Waals surface area contributed by atoms with E-state index < -0.39 is 5.95 Å². The third kappa shape index (κ3) is 4.92. The molecule has 19 heavy (non-hydrogen) atoms. The van der Waals surface area contributed by atoms with Crippen molar-refractivity contribution in [2.75, 3.05) is 26.4 Å². The molecule has 0 saturated heterocycles. The molecule has 1 heterocycles. The van der Waals surface area contributed by atoms with E-state index in [2.05, 4.69) is 4.98 Å². The minimum atomic E-state index is -0.675. The number of amides is 1. The largest absolute Gasteiger partial charge is 0.394 e. The van der Waals surface area contributed by atoms with Crippen LogP contribution in [-0.4, -0.2) is 53.3 Å². The average molecular weight is 270 g/mol. The first-order valence-corrected chi connectivity index (χ1v) is 6.17. The summed E-state index contributed by atoms with van der Waals surface area (Å²) in [5, 5.41) is 8.60. The first-order chi connectivity index (χ1) is 9.06. The number of pyridine rings is 1. The second-order valence-corrected chi connectivity index (χ2v) is 4.30. The monoisotopic (exact) mass is 270 g/mol. The molecule has 1 aromatic heterocycles. The van der Waals surface area contributed by atoms with Crippen LogP contribution in [0.2, 0.25) is 0 Å². The van der Waals surface area contributed by atoms with Crippen LogP contribution in [0.25, 0.3) is 0 Å². The molecule has 0 aliphatic heterocycles. The van der Waals surface area contributed by atoms with Crippen LogP contribution in [0, 0.1) is 5.95 Å². The van der Waals surface area contributed by atoms with Crippen LogP contribution < -0.4 is 0 Å². The lowest BCUT2D eigenvalue weighted by Crippen LogP contribution is -2.39. The Morgan fingerprint density at radius 2 is 2.26 bits per heavy atom. The first kappa shape index (κ1) is 15.5. The zero-order valence-corrected chi connectivity index (χ0v) is 11.2. The van der Waals surface area contributed by atoms with Gasteiger partial charge in [-0.1, -0.05) is 0 Å². The maximum Gasteiger partial charge on any atom is 0.254 e. The van der Waals surface area contributed by atoms with Gasteiger partial charge < -0.3 is 14.7 Å². The summed E-state index contributed by atoms with van der Waals surface area (Å²) in [6, 6.07) is 2.57. The van der Waals surface area contributed by atoms with Gasteiger partial charge in [0, 0.05) is 30.4 Å². The van der Waals surface area contributed by atoms with Crippen molar-refractivity contribution in [2.24, 2.45) is 0 Å². The lowest BCUT2D eigenvalue weighted by atomic mass is 10.2. The molecule has 0 aromatic carbocycles. The number of carbonyl (C=O) groups is 1. The van der Waals surface area contributed by atoms with E-state index in [9.17, 15) is 9.18 Å². The van der Waals surface area contributed by atoms with Gasteiger partial charge in [0.15, 0.2) is 0 Å². The van der Waals surface area contributed by atoms with Crippen LogP contribution >= 0.6 is 0 Å². The summed E-state index contributed by atoms with van der Waals surface area (Å²) in [4.78, 5) is 17.2. The summed E-state index contributed by atoms with van der Waals surface area (Å²) in [5.41, 5.74) is 0.267. The number of aliphatic hydroxyl groups excluding tert-OH is 1. The molecule has 6 heteroatoms. The molecule has 106 valence electrons. The first-order valence-electron chi connectivity index (χ1n) is 6.17. The SMILES string of the molecule is CC(C)N(CCOCCO)C(=O)c1ccnc(F)c1. The predicted molar refractivity (Wildman–Crippen MR) is 68.3 cm³/mol. The summed E-state index contributed by atoms with van der Waals surface area (Å²) < 4.78 is 18.2. The van der Waals surface area contributed by atoms with Gasteiger partial charge in [-0.05, 0) is 19.9 Å². The highest BCUT2D eigenvalue weighted by Crippen LogP contribution is 2.09. The molecule has 0 unspecified atom stereocenters. The Balaban J connectivity index is 2.67. The summed E-state index contributed by atoms with van der Waals surface area (Å²) in [6.07, 6.45) is 1.27. The van der Waals surface area contributed by atoms with Crippen molar-refractivity contribution < 1.29 is 19.0 Å². The molecule has 0 spiro atoms. The number of aromatic nitrogens is 1. The summed E-state index contributed by atoms with van der Waals surface area (Å²) in [7, 11) is 0. The third-order valence-corrected chi connectivity index (χ3v) is 2.57. The predicted octanol–water partition coefficient (Wildman–Crippen LogP) is 1.08. The summed E-state index contributed by atoms with van der Waals surface area (Å²) in [6.45, 7) is 4.66. The second kappa shape index (κ2) is 7.81. The van der Waals surface area contributed by atoms with Crippen LogP contribution in [0.15, 0.2) is 18.3 Å². The second-order valence-electron chi connectivity index (χ2n) is 4.30. The zero-order chi connectivity index (χ0) is 14.3. The molecule has 0 saturated carbocycles. The Bertz CT molecular complexity index is 413. The number of hydrogen-bond acceptors (Lipinski definition) is 4. The molecule has 5 nitrogen and oxygen atoms in total. The Morgan fingerprint density at radius 1 is 1.53 bits per heavy atom. The van der Waals surface area contributed by atoms with Gasteiger partial charge in [-0.25, -0.2) is 4.98 Å². The Hall–Kier alpha value is -1.53. The van der Waals surface area contributed by atoms with Gasteiger partial charge in [0.05, 0.1) is 19.8 Å². The molecule has 0 fully saturated rings. The molecule has 0 bridgehead atoms. The Labute approximate surface area is 112 Å². The summed E-state index contributed by atoms with van der Waals surface area (Å²) in [5.74, 6) is -0.935. The van der Waals surface area contributed by atoms with Gasteiger partial charge in [0.2, 0.25) is 5.95 Å². The number of aliphatic hydroxyl groups is 1. The van der Waals surface area contributed by atoms with Gasteiger partial charge in [0.1, 0.15) is 0 Å². The average Bonchev–Trinajstić information content (AvgIpc) is 2.37. The summed E-state index contributed by atoms with van der Waals surface area (Å²) >= 11 is 0. The molecular weight excluding hydrogens is 251 g/mol. The lowest BCUT2D eigenvalue weighted by Gasteiger charge is -2.26. The molecule has 1 aromatic rings. The molecule has 0 atom stereocenters. The molecule has 0 radical (unpaired) electrons. The van der Waals surface area contributed by atoms with Crippen molar-refractivity contribution in [1.29, 1.82) is 0 Å². The van der Waals surface area contributed by atoms with Gasteiger partial charge in [-0.15, -0.1) is 0 Å². The smallest absolute Gasteiger partial charge is 0.254 e. The highest BCUT2D eigenvalue weighted by Gasteiger charge is 2.19. The van der Waals surface area contributed by atoms with E-state index in [1.165, 1.54) is 12.3 Å². The number of hydrogen-bond donors (Lipinski definition) is 1. The minimum absolute atomic E-state index is 0.0264. The van der Waals surface area contributed by atoms with Crippen molar-refractivity contribution >= 4 is 5.91 Å². The van der Waals surface area contributed by atoms with Crippen molar-refractivity contribution in [3.63, 3.8) is 0 Å². The van der Waals surface area contributed by atoms with Crippen LogP contribution in [-0.2, 0) is 4.74 Å². The van der Waals surface area contributed by atoms with Gasteiger partial charge >= 0.3 is 0 Å². The van der Waals surface area contributed by atoms with Crippen molar-refractivity contribution in [1.82, 2.24) is 9.88 Å². The molecule has 0 aliphatic rings. The molecular formula is C13H19FN2O3. The van der Waals surface area contributed by atoms with Gasteiger partial charge in [0.25, 0.3) is 5.91 Å². The number of carbonyl (C=O) groups excluding carboxylic acids is 1. The number of ether oxygens (including phenoxy) is 1. The zero-order valence-electron chi connectivity index (χ0n) is 11.2. The number of nitrogens with zero attached hydrogens (tertiary/aromatic N) is 2. The normalized spacial score (nSPS) is 10.8. The molecule has 1 amide bonds. The number of halogens is 1. The maximum absolute atomic E-state index is 13.0. The van der Waals surface area contributed by atoms with Crippen molar-refractivity contribution in [3.8, 4) is 0 Å². The quantitative estimate of drug-likeness (QED) is 0.595.